The van der Waals surface area contributed by atoms with Crippen molar-refractivity contribution in [3.05, 3.63) is 46.5 Å². The van der Waals surface area contributed by atoms with Crippen molar-refractivity contribution in [2.45, 2.75) is 26.3 Å². The highest BCUT2D eigenvalue weighted by atomic mass is 79.9. The van der Waals surface area contributed by atoms with Crippen molar-refractivity contribution in [3.63, 3.8) is 0 Å². The van der Waals surface area contributed by atoms with Crippen LogP contribution in [0, 0.1) is 6.92 Å². The molecule has 0 radical (unpaired) electrons. The summed E-state index contributed by atoms with van der Waals surface area (Å²) in [5.74, 6) is 0.826. The van der Waals surface area contributed by atoms with Gasteiger partial charge in [-0.3, -0.25) is 4.79 Å². The third-order valence-corrected chi connectivity index (χ3v) is 4.08. The lowest BCUT2D eigenvalue weighted by atomic mass is 9.97. The first-order valence-electron chi connectivity index (χ1n) is 6.34. The number of fused-ring (bicyclic) bond motifs is 1. The highest BCUT2D eigenvalue weighted by molar-refractivity contribution is 9.10. The van der Waals surface area contributed by atoms with E-state index in [9.17, 15) is 4.79 Å². The summed E-state index contributed by atoms with van der Waals surface area (Å²) < 4.78 is 0.944. The normalized spacial score (nSPS) is 16.4. The Morgan fingerprint density at radius 1 is 1.20 bits per heavy atom. The molecule has 0 saturated heterocycles. The van der Waals surface area contributed by atoms with Crippen molar-refractivity contribution >= 4 is 33.1 Å². The maximum Gasteiger partial charge on any atom is 0.190 e. The predicted molar refractivity (Wildman–Crippen MR) is 81.5 cm³/mol. The van der Waals surface area contributed by atoms with Crippen LogP contribution >= 0.6 is 15.9 Å². The molecule has 1 aromatic heterocycles. The van der Waals surface area contributed by atoms with Gasteiger partial charge >= 0.3 is 0 Å². The molecule has 1 aromatic carbocycles. The maximum atomic E-state index is 12.6. The van der Waals surface area contributed by atoms with E-state index < -0.39 is 5.54 Å². The number of nitrogens with zero attached hydrogens (tertiary/aromatic N) is 3. The van der Waals surface area contributed by atoms with Gasteiger partial charge < -0.3 is 4.90 Å². The zero-order valence-corrected chi connectivity index (χ0v) is 13.1. The SMILES string of the molecule is Cc1ncc(N2c3cc(Br)ccc3C(=O)C2(C)C)cn1. The average molecular weight is 332 g/mol. The van der Waals surface area contributed by atoms with Gasteiger partial charge in [-0.05, 0) is 39.0 Å². The Balaban J connectivity index is 2.21. The lowest BCUT2D eigenvalue weighted by Gasteiger charge is -2.32. The third kappa shape index (κ3) is 1.85. The fourth-order valence-electron chi connectivity index (χ4n) is 2.58. The van der Waals surface area contributed by atoms with Gasteiger partial charge in [0.05, 0.1) is 23.8 Å². The number of rotatable bonds is 1. The van der Waals surface area contributed by atoms with Crippen molar-refractivity contribution < 1.29 is 4.79 Å². The number of carbonyl (C=O) groups is 1. The minimum atomic E-state index is -0.637. The van der Waals surface area contributed by atoms with Gasteiger partial charge in [0, 0.05) is 10.0 Å². The second-order valence-corrected chi connectivity index (χ2v) is 6.29. The molecule has 0 atom stereocenters. The first-order valence-corrected chi connectivity index (χ1v) is 7.14. The zero-order valence-electron chi connectivity index (χ0n) is 11.5. The number of anilines is 2. The predicted octanol–water partition coefficient (Wildman–Crippen LogP) is 3.66. The van der Waals surface area contributed by atoms with E-state index in [-0.39, 0.29) is 5.78 Å². The summed E-state index contributed by atoms with van der Waals surface area (Å²) in [4.78, 5) is 23.0. The van der Waals surface area contributed by atoms with E-state index in [0.29, 0.717) is 5.82 Å². The van der Waals surface area contributed by atoms with Crippen LogP contribution in [0.25, 0.3) is 0 Å². The van der Waals surface area contributed by atoms with Gasteiger partial charge in [0.25, 0.3) is 0 Å². The average Bonchev–Trinajstić information content (AvgIpc) is 2.59. The molecule has 0 unspecified atom stereocenters. The molecule has 1 aliphatic heterocycles. The quantitative estimate of drug-likeness (QED) is 0.800. The molecule has 4 nitrogen and oxygen atoms in total. The summed E-state index contributed by atoms with van der Waals surface area (Å²) in [5, 5.41) is 0. The standard InChI is InChI=1S/C15H14BrN3O/c1-9-17-7-11(8-18-9)19-13-6-10(16)4-5-12(13)14(20)15(19,2)3/h4-8H,1-3H3. The van der Waals surface area contributed by atoms with Gasteiger partial charge in [0.15, 0.2) is 5.78 Å². The number of halogens is 1. The Labute approximate surface area is 126 Å². The summed E-state index contributed by atoms with van der Waals surface area (Å²) in [5.41, 5.74) is 1.81. The first-order chi connectivity index (χ1) is 9.41. The van der Waals surface area contributed by atoms with Crippen molar-refractivity contribution in [2.24, 2.45) is 0 Å². The molecule has 1 aliphatic rings. The van der Waals surface area contributed by atoms with Crippen LogP contribution < -0.4 is 4.90 Å². The highest BCUT2D eigenvalue weighted by Crippen LogP contribution is 2.44. The van der Waals surface area contributed by atoms with Gasteiger partial charge in [-0.1, -0.05) is 15.9 Å². The largest absolute Gasteiger partial charge is 0.325 e. The number of Topliss-reactive ketones (excluding diaryl/α,β-unsaturated/α-hetero) is 1. The van der Waals surface area contributed by atoms with Crippen molar-refractivity contribution in [1.29, 1.82) is 0 Å². The van der Waals surface area contributed by atoms with Crippen LogP contribution in [0.3, 0.4) is 0 Å². The molecule has 102 valence electrons. The summed E-state index contributed by atoms with van der Waals surface area (Å²) in [6.45, 7) is 5.68. The summed E-state index contributed by atoms with van der Waals surface area (Å²) in [7, 11) is 0. The number of carbonyl (C=O) groups excluding carboxylic acids is 1. The minimum absolute atomic E-state index is 0.112. The van der Waals surface area contributed by atoms with E-state index in [1.165, 1.54) is 0 Å². The molecule has 0 fully saturated rings. The van der Waals surface area contributed by atoms with E-state index in [2.05, 4.69) is 25.9 Å². The molecule has 0 saturated carbocycles. The van der Waals surface area contributed by atoms with E-state index in [1.807, 2.05) is 43.9 Å². The van der Waals surface area contributed by atoms with E-state index in [0.717, 1.165) is 21.4 Å². The van der Waals surface area contributed by atoms with Crippen LogP contribution in [0.15, 0.2) is 35.1 Å². The van der Waals surface area contributed by atoms with E-state index in [1.54, 1.807) is 12.4 Å². The van der Waals surface area contributed by atoms with Crippen LogP contribution in [-0.2, 0) is 0 Å². The summed E-state index contributed by atoms with van der Waals surface area (Å²) >= 11 is 3.46. The monoisotopic (exact) mass is 331 g/mol. The Morgan fingerprint density at radius 2 is 1.85 bits per heavy atom. The molecular formula is C15H14BrN3O. The second kappa shape index (κ2) is 4.38. The van der Waals surface area contributed by atoms with Crippen LogP contribution in [0.5, 0.6) is 0 Å². The minimum Gasteiger partial charge on any atom is -0.325 e. The van der Waals surface area contributed by atoms with E-state index >= 15 is 0 Å². The fourth-order valence-corrected chi connectivity index (χ4v) is 2.93. The molecule has 0 amide bonds. The van der Waals surface area contributed by atoms with Crippen LogP contribution in [0.2, 0.25) is 0 Å². The van der Waals surface area contributed by atoms with Crippen molar-refractivity contribution in [3.8, 4) is 0 Å². The van der Waals surface area contributed by atoms with Crippen molar-refractivity contribution in [2.75, 3.05) is 4.90 Å². The highest BCUT2D eigenvalue weighted by Gasteiger charge is 2.45. The van der Waals surface area contributed by atoms with Gasteiger partial charge in [0.2, 0.25) is 0 Å². The number of ketones is 1. The molecular weight excluding hydrogens is 318 g/mol. The topological polar surface area (TPSA) is 46.1 Å². The molecule has 20 heavy (non-hydrogen) atoms. The zero-order chi connectivity index (χ0) is 14.5. The second-order valence-electron chi connectivity index (χ2n) is 5.37. The van der Waals surface area contributed by atoms with Crippen LogP contribution in [-0.4, -0.2) is 21.3 Å². The number of hydrogen-bond donors (Lipinski definition) is 0. The Bertz CT molecular complexity index is 695. The van der Waals surface area contributed by atoms with Gasteiger partial charge in [-0.25, -0.2) is 9.97 Å². The third-order valence-electron chi connectivity index (χ3n) is 3.59. The number of aryl methyl sites for hydroxylation is 1. The molecule has 5 heteroatoms. The molecule has 0 spiro atoms. The van der Waals surface area contributed by atoms with Crippen LogP contribution in [0.4, 0.5) is 11.4 Å². The Kier molecular flexibility index (Phi) is 2.90. The number of benzene rings is 1. The van der Waals surface area contributed by atoms with E-state index in [4.69, 9.17) is 0 Å². The van der Waals surface area contributed by atoms with Gasteiger partial charge in [0.1, 0.15) is 11.4 Å². The lowest BCUT2D eigenvalue weighted by Crippen LogP contribution is -2.42. The molecule has 0 bridgehead atoms. The summed E-state index contributed by atoms with van der Waals surface area (Å²) in [6, 6.07) is 5.71. The van der Waals surface area contributed by atoms with Crippen molar-refractivity contribution in [1.82, 2.24) is 9.97 Å². The number of aromatic nitrogens is 2. The molecule has 3 rings (SSSR count). The maximum absolute atomic E-state index is 12.6. The molecule has 0 N–H and O–H groups in total. The van der Waals surface area contributed by atoms with Crippen LogP contribution in [0.1, 0.15) is 30.0 Å². The Hall–Kier alpha value is -1.75. The van der Waals surface area contributed by atoms with Gasteiger partial charge in [-0.2, -0.15) is 0 Å². The number of hydrogen-bond acceptors (Lipinski definition) is 4. The summed E-state index contributed by atoms with van der Waals surface area (Å²) in [6.07, 6.45) is 3.51. The Morgan fingerprint density at radius 3 is 2.50 bits per heavy atom. The fraction of sp³-hybridized carbons (Fsp3) is 0.267. The lowest BCUT2D eigenvalue weighted by molar-refractivity contribution is 0.0929. The van der Waals surface area contributed by atoms with Gasteiger partial charge in [-0.15, -0.1) is 0 Å². The first kappa shape index (κ1) is 13.2. The molecule has 0 aliphatic carbocycles. The molecule has 2 aromatic rings. The molecule has 2 heterocycles. The smallest absolute Gasteiger partial charge is 0.190 e.